The Morgan fingerprint density at radius 2 is 1.54 bits per heavy atom. The van der Waals surface area contributed by atoms with E-state index in [0.29, 0.717) is 18.0 Å². The molecule has 2 saturated carbocycles. The minimum absolute atomic E-state index is 0.0137. The van der Waals surface area contributed by atoms with Crippen molar-refractivity contribution < 1.29 is 4.79 Å². The molecule has 1 saturated heterocycles. The minimum Gasteiger partial charge on any atom is -0.341 e. The number of rotatable bonds is 4. The SMILES string of the molecule is CN(C)C1C[C@@H]2CC(N(C)C(=O)[C@H]3CC[C@H](c4ccccc4)N3)C[C@@H]2C1. The van der Waals surface area contributed by atoms with Crippen LogP contribution >= 0.6 is 0 Å². The fourth-order valence-corrected chi connectivity index (χ4v) is 5.60. The van der Waals surface area contributed by atoms with Gasteiger partial charge in [0.05, 0.1) is 6.04 Å². The van der Waals surface area contributed by atoms with E-state index in [1.807, 2.05) is 13.1 Å². The topological polar surface area (TPSA) is 35.6 Å². The Labute approximate surface area is 157 Å². The van der Waals surface area contributed by atoms with Crippen LogP contribution in [-0.4, -0.2) is 55.0 Å². The van der Waals surface area contributed by atoms with Crippen LogP contribution in [-0.2, 0) is 4.79 Å². The first kappa shape index (κ1) is 18.0. The predicted molar refractivity (Wildman–Crippen MR) is 105 cm³/mol. The Hall–Kier alpha value is -1.39. The van der Waals surface area contributed by atoms with Gasteiger partial charge in [-0.05, 0) is 70.0 Å². The lowest BCUT2D eigenvalue weighted by atomic mass is 10.0. The van der Waals surface area contributed by atoms with Gasteiger partial charge in [-0.15, -0.1) is 0 Å². The van der Waals surface area contributed by atoms with Crippen molar-refractivity contribution >= 4 is 5.91 Å². The molecule has 0 radical (unpaired) electrons. The molecule has 1 N–H and O–H groups in total. The maximum Gasteiger partial charge on any atom is 0.239 e. The van der Waals surface area contributed by atoms with Gasteiger partial charge in [-0.2, -0.15) is 0 Å². The summed E-state index contributed by atoms with van der Waals surface area (Å²) in [6.45, 7) is 0. The minimum atomic E-state index is -0.0137. The van der Waals surface area contributed by atoms with E-state index < -0.39 is 0 Å². The zero-order valence-corrected chi connectivity index (χ0v) is 16.4. The van der Waals surface area contributed by atoms with Crippen molar-refractivity contribution in [3.63, 3.8) is 0 Å². The fourth-order valence-electron chi connectivity index (χ4n) is 5.60. The first-order chi connectivity index (χ1) is 12.5. The van der Waals surface area contributed by atoms with Crippen LogP contribution < -0.4 is 5.32 Å². The zero-order chi connectivity index (χ0) is 18.3. The monoisotopic (exact) mass is 355 g/mol. The molecule has 26 heavy (non-hydrogen) atoms. The van der Waals surface area contributed by atoms with Crippen LogP contribution in [0, 0.1) is 11.8 Å². The average molecular weight is 356 g/mol. The molecule has 1 aromatic rings. The van der Waals surface area contributed by atoms with Crippen molar-refractivity contribution in [1.82, 2.24) is 15.1 Å². The van der Waals surface area contributed by atoms with E-state index in [2.05, 4.69) is 53.5 Å². The average Bonchev–Trinajstić information content (AvgIpc) is 3.35. The Morgan fingerprint density at radius 3 is 2.15 bits per heavy atom. The highest BCUT2D eigenvalue weighted by Crippen LogP contribution is 2.46. The fraction of sp³-hybridized carbons (Fsp3) is 0.682. The van der Waals surface area contributed by atoms with Crippen LogP contribution in [0.5, 0.6) is 0 Å². The number of carbonyl (C=O) groups excluding carboxylic acids is 1. The summed E-state index contributed by atoms with van der Waals surface area (Å²) in [6, 6.07) is 12.0. The number of carbonyl (C=O) groups is 1. The molecule has 2 aliphatic carbocycles. The van der Waals surface area contributed by atoms with Crippen molar-refractivity contribution in [1.29, 1.82) is 0 Å². The lowest BCUT2D eigenvalue weighted by Gasteiger charge is -2.29. The van der Waals surface area contributed by atoms with Gasteiger partial charge in [0.1, 0.15) is 0 Å². The highest BCUT2D eigenvalue weighted by molar-refractivity contribution is 5.82. The molecule has 1 aromatic carbocycles. The van der Waals surface area contributed by atoms with E-state index in [1.54, 1.807) is 0 Å². The van der Waals surface area contributed by atoms with Gasteiger partial charge in [-0.25, -0.2) is 0 Å². The molecule has 1 amide bonds. The van der Waals surface area contributed by atoms with Crippen LogP contribution in [0.4, 0.5) is 0 Å². The van der Waals surface area contributed by atoms with Gasteiger partial charge in [-0.3, -0.25) is 10.1 Å². The van der Waals surface area contributed by atoms with E-state index in [0.717, 1.165) is 30.7 Å². The first-order valence-corrected chi connectivity index (χ1v) is 10.3. The standard InChI is InChI=1S/C22H33N3O/c1-24(2)18-11-16-13-19(14-17(16)12-18)25(3)22(26)21-10-9-20(23-21)15-7-5-4-6-8-15/h4-8,16-21,23H,9-14H2,1-3H3/t16-,17+,18?,19?,20-,21-/m1/s1. The molecule has 6 atom stereocenters. The zero-order valence-electron chi connectivity index (χ0n) is 16.4. The summed E-state index contributed by atoms with van der Waals surface area (Å²) >= 11 is 0. The molecule has 1 heterocycles. The van der Waals surface area contributed by atoms with Crippen LogP contribution in [0.2, 0.25) is 0 Å². The maximum atomic E-state index is 13.1. The van der Waals surface area contributed by atoms with Gasteiger partial charge < -0.3 is 9.80 Å². The van der Waals surface area contributed by atoms with Gasteiger partial charge in [0.25, 0.3) is 0 Å². The molecule has 2 unspecified atom stereocenters. The third kappa shape index (κ3) is 3.41. The number of amides is 1. The number of fused-ring (bicyclic) bond motifs is 1. The highest BCUT2D eigenvalue weighted by atomic mass is 16.2. The lowest BCUT2D eigenvalue weighted by Crippen LogP contribution is -2.46. The van der Waals surface area contributed by atoms with Crippen molar-refractivity contribution in [3.8, 4) is 0 Å². The third-order valence-electron chi connectivity index (χ3n) is 7.24. The van der Waals surface area contributed by atoms with Crippen molar-refractivity contribution in [3.05, 3.63) is 35.9 Å². The molecular formula is C22H33N3O. The maximum absolute atomic E-state index is 13.1. The molecule has 3 fully saturated rings. The molecule has 3 aliphatic rings. The molecule has 142 valence electrons. The Bertz CT molecular complexity index is 618. The largest absolute Gasteiger partial charge is 0.341 e. The second-order valence-corrected chi connectivity index (χ2v) is 8.94. The summed E-state index contributed by atoms with van der Waals surface area (Å²) in [4.78, 5) is 17.5. The summed E-state index contributed by atoms with van der Waals surface area (Å²) in [5.41, 5.74) is 1.30. The summed E-state index contributed by atoms with van der Waals surface area (Å²) < 4.78 is 0. The normalized spacial score (nSPS) is 36.5. The van der Waals surface area contributed by atoms with Crippen molar-refractivity contribution in [2.75, 3.05) is 21.1 Å². The van der Waals surface area contributed by atoms with Gasteiger partial charge in [0.2, 0.25) is 5.91 Å². The van der Waals surface area contributed by atoms with E-state index in [1.165, 1.54) is 31.2 Å². The molecule has 4 nitrogen and oxygen atoms in total. The van der Waals surface area contributed by atoms with E-state index in [9.17, 15) is 4.79 Å². The Morgan fingerprint density at radius 1 is 0.923 bits per heavy atom. The highest BCUT2D eigenvalue weighted by Gasteiger charge is 2.45. The smallest absolute Gasteiger partial charge is 0.239 e. The Balaban J connectivity index is 1.32. The number of nitrogens with one attached hydrogen (secondary N) is 1. The van der Waals surface area contributed by atoms with Gasteiger partial charge in [0.15, 0.2) is 0 Å². The van der Waals surface area contributed by atoms with Crippen LogP contribution in [0.1, 0.15) is 50.1 Å². The van der Waals surface area contributed by atoms with Crippen molar-refractivity contribution in [2.45, 2.75) is 62.7 Å². The molecule has 0 aromatic heterocycles. The quantitative estimate of drug-likeness (QED) is 0.902. The summed E-state index contributed by atoms with van der Waals surface area (Å²) in [6.07, 6.45) is 7.03. The molecule has 4 rings (SSSR count). The molecule has 4 heteroatoms. The summed E-state index contributed by atoms with van der Waals surface area (Å²) in [7, 11) is 6.44. The number of nitrogens with zero attached hydrogens (tertiary/aromatic N) is 2. The third-order valence-corrected chi connectivity index (χ3v) is 7.24. The number of hydrogen-bond donors (Lipinski definition) is 1. The summed E-state index contributed by atoms with van der Waals surface area (Å²) in [5, 5.41) is 3.59. The van der Waals surface area contributed by atoms with E-state index in [-0.39, 0.29) is 6.04 Å². The van der Waals surface area contributed by atoms with Crippen molar-refractivity contribution in [2.24, 2.45) is 11.8 Å². The van der Waals surface area contributed by atoms with Crippen LogP contribution in [0.15, 0.2) is 30.3 Å². The molecule has 1 aliphatic heterocycles. The van der Waals surface area contributed by atoms with Crippen LogP contribution in [0.3, 0.4) is 0 Å². The van der Waals surface area contributed by atoms with Gasteiger partial charge in [0, 0.05) is 25.2 Å². The van der Waals surface area contributed by atoms with Gasteiger partial charge >= 0.3 is 0 Å². The number of hydrogen-bond acceptors (Lipinski definition) is 3. The predicted octanol–water partition coefficient (Wildman–Crippen LogP) is 3.06. The Kier molecular flexibility index (Phi) is 5.07. The number of benzene rings is 1. The number of likely N-dealkylation sites (N-methyl/N-ethyl adjacent to an activating group) is 1. The van der Waals surface area contributed by atoms with Gasteiger partial charge in [-0.1, -0.05) is 30.3 Å². The molecular weight excluding hydrogens is 322 g/mol. The first-order valence-electron chi connectivity index (χ1n) is 10.3. The summed E-state index contributed by atoms with van der Waals surface area (Å²) in [5.74, 6) is 1.94. The second kappa shape index (κ2) is 7.32. The van der Waals surface area contributed by atoms with Crippen LogP contribution in [0.25, 0.3) is 0 Å². The molecule has 0 spiro atoms. The molecule has 0 bridgehead atoms. The van der Waals surface area contributed by atoms with E-state index >= 15 is 0 Å². The van der Waals surface area contributed by atoms with E-state index in [4.69, 9.17) is 0 Å². The lowest BCUT2D eigenvalue weighted by molar-refractivity contribution is -0.133. The second-order valence-electron chi connectivity index (χ2n) is 8.94.